The zero-order valence-electron chi connectivity index (χ0n) is 12.8. The van der Waals surface area contributed by atoms with E-state index >= 15 is 0 Å². The first-order valence-electron chi connectivity index (χ1n) is 7.75. The average Bonchev–Trinajstić information content (AvgIpc) is 2.95. The number of H-pyrrole nitrogens is 1. The van der Waals surface area contributed by atoms with Crippen molar-refractivity contribution in [3.8, 4) is 0 Å². The number of hydrogen-bond acceptors (Lipinski definition) is 3. The molecule has 0 radical (unpaired) electrons. The van der Waals surface area contributed by atoms with Gasteiger partial charge in [-0.3, -0.25) is 14.8 Å². The Labute approximate surface area is 130 Å². The van der Waals surface area contributed by atoms with E-state index in [1.165, 1.54) is 0 Å². The Kier molecular flexibility index (Phi) is 4.24. The molecular formula is C17H22N4O. The van der Waals surface area contributed by atoms with Crippen molar-refractivity contribution in [2.45, 2.75) is 31.7 Å². The number of nitrogens with two attached hydrogens (primary N) is 1. The SMILES string of the molecule is Cc1cc([C@H]2CCCN([C@@H](C(N)=O)c3ccccc3)C2)n[nH]1. The molecule has 0 unspecified atom stereocenters. The second-order valence-electron chi connectivity index (χ2n) is 6.03. The number of likely N-dealkylation sites (tertiary alicyclic amines) is 1. The minimum Gasteiger partial charge on any atom is -0.368 e. The number of aromatic amines is 1. The number of primary amides is 1. The summed E-state index contributed by atoms with van der Waals surface area (Å²) < 4.78 is 0. The van der Waals surface area contributed by atoms with Crippen LogP contribution in [0.25, 0.3) is 0 Å². The lowest BCUT2D eigenvalue weighted by Crippen LogP contribution is -2.43. The third-order valence-corrected chi connectivity index (χ3v) is 4.35. The van der Waals surface area contributed by atoms with Gasteiger partial charge in [0.15, 0.2) is 0 Å². The largest absolute Gasteiger partial charge is 0.368 e. The van der Waals surface area contributed by atoms with Gasteiger partial charge in [-0.05, 0) is 37.9 Å². The van der Waals surface area contributed by atoms with Gasteiger partial charge in [-0.2, -0.15) is 5.10 Å². The second kappa shape index (κ2) is 6.32. The third-order valence-electron chi connectivity index (χ3n) is 4.35. The molecule has 0 bridgehead atoms. The predicted molar refractivity (Wildman–Crippen MR) is 85.3 cm³/mol. The van der Waals surface area contributed by atoms with Crippen molar-refractivity contribution in [1.82, 2.24) is 15.1 Å². The number of piperidine rings is 1. The third kappa shape index (κ3) is 3.04. The van der Waals surface area contributed by atoms with Crippen LogP contribution in [0.4, 0.5) is 0 Å². The van der Waals surface area contributed by atoms with Crippen molar-refractivity contribution in [2.75, 3.05) is 13.1 Å². The summed E-state index contributed by atoms with van der Waals surface area (Å²) in [6, 6.07) is 11.5. The van der Waals surface area contributed by atoms with Gasteiger partial charge in [0.2, 0.25) is 5.91 Å². The van der Waals surface area contributed by atoms with Crippen LogP contribution in [-0.4, -0.2) is 34.1 Å². The fourth-order valence-electron chi connectivity index (χ4n) is 3.32. The lowest BCUT2D eigenvalue weighted by molar-refractivity contribution is -0.124. The zero-order valence-corrected chi connectivity index (χ0v) is 12.8. The highest BCUT2D eigenvalue weighted by atomic mass is 16.1. The summed E-state index contributed by atoms with van der Waals surface area (Å²) in [7, 11) is 0. The lowest BCUT2D eigenvalue weighted by atomic mass is 9.92. The topological polar surface area (TPSA) is 75.0 Å². The van der Waals surface area contributed by atoms with Crippen molar-refractivity contribution < 1.29 is 4.79 Å². The van der Waals surface area contributed by atoms with Crippen LogP contribution in [0.2, 0.25) is 0 Å². The Morgan fingerprint density at radius 1 is 1.41 bits per heavy atom. The van der Waals surface area contributed by atoms with Gasteiger partial charge in [-0.15, -0.1) is 0 Å². The molecule has 22 heavy (non-hydrogen) atoms. The lowest BCUT2D eigenvalue weighted by Gasteiger charge is -2.36. The molecule has 116 valence electrons. The summed E-state index contributed by atoms with van der Waals surface area (Å²) in [5.74, 6) is 0.0642. The number of nitrogens with zero attached hydrogens (tertiary/aromatic N) is 2. The maximum Gasteiger partial charge on any atom is 0.239 e. The Hall–Kier alpha value is -2.14. The summed E-state index contributed by atoms with van der Waals surface area (Å²) in [5, 5.41) is 7.39. The molecule has 1 saturated heterocycles. The molecule has 3 rings (SSSR count). The number of amides is 1. The van der Waals surface area contributed by atoms with Gasteiger partial charge in [0.25, 0.3) is 0 Å². The smallest absolute Gasteiger partial charge is 0.239 e. The number of rotatable bonds is 4. The van der Waals surface area contributed by atoms with Crippen molar-refractivity contribution in [2.24, 2.45) is 5.73 Å². The standard InChI is InChI=1S/C17H22N4O/c1-12-10-15(20-19-12)14-8-5-9-21(11-14)16(17(18)22)13-6-3-2-4-7-13/h2-4,6-7,10,14,16H,5,8-9,11H2,1H3,(H2,18,22)(H,19,20)/t14-,16+/m0/s1. The molecule has 1 aliphatic heterocycles. The molecular weight excluding hydrogens is 276 g/mol. The minimum atomic E-state index is -0.357. The monoisotopic (exact) mass is 298 g/mol. The molecule has 0 aliphatic carbocycles. The maximum atomic E-state index is 12.0. The highest BCUT2D eigenvalue weighted by Crippen LogP contribution is 2.31. The van der Waals surface area contributed by atoms with E-state index in [2.05, 4.69) is 21.2 Å². The van der Waals surface area contributed by atoms with Crippen molar-refractivity contribution in [1.29, 1.82) is 0 Å². The fraction of sp³-hybridized carbons (Fsp3) is 0.412. The van der Waals surface area contributed by atoms with E-state index in [1.807, 2.05) is 37.3 Å². The summed E-state index contributed by atoms with van der Waals surface area (Å²) >= 11 is 0. The molecule has 1 aliphatic rings. The first kappa shape index (κ1) is 14.8. The van der Waals surface area contributed by atoms with Gasteiger partial charge in [0.1, 0.15) is 6.04 Å². The summed E-state index contributed by atoms with van der Waals surface area (Å²) in [6.45, 7) is 3.71. The molecule has 1 fully saturated rings. The summed E-state index contributed by atoms with van der Waals surface area (Å²) in [6.07, 6.45) is 2.15. The van der Waals surface area contributed by atoms with Crippen LogP contribution in [0.5, 0.6) is 0 Å². The molecule has 5 nitrogen and oxygen atoms in total. The zero-order chi connectivity index (χ0) is 15.5. The van der Waals surface area contributed by atoms with Crippen molar-refractivity contribution in [3.05, 3.63) is 53.3 Å². The van der Waals surface area contributed by atoms with Gasteiger partial charge < -0.3 is 5.73 Å². The molecule has 0 saturated carbocycles. The van der Waals surface area contributed by atoms with E-state index in [1.54, 1.807) is 0 Å². The number of hydrogen-bond donors (Lipinski definition) is 2. The van der Waals surface area contributed by atoms with Gasteiger partial charge in [0.05, 0.1) is 5.69 Å². The van der Waals surface area contributed by atoms with E-state index < -0.39 is 0 Å². The van der Waals surface area contributed by atoms with Gasteiger partial charge in [-0.1, -0.05) is 30.3 Å². The minimum absolute atomic E-state index is 0.287. The Morgan fingerprint density at radius 2 is 2.18 bits per heavy atom. The van der Waals surface area contributed by atoms with E-state index in [0.717, 1.165) is 42.9 Å². The van der Waals surface area contributed by atoms with E-state index in [-0.39, 0.29) is 11.9 Å². The van der Waals surface area contributed by atoms with Crippen LogP contribution < -0.4 is 5.73 Å². The van der Waals surface area contributed by atoms with Gasteiger partial charge in [-0.25, -0.2) is 0 Å². The molecule has 1 aromatic carbocycles. The maximum absolute atomic E-state index is 12.0. The van der Waals surface area contributed by atoms with Crippen LogP contribution in [0.15, 0.2) is 36.4 Å². The predicted octanol–water partition coefficient (Wildman–Crippen LogP) is 2.12. The molecule has 2 heterocycles. The first-order valence-corrected chi connectivity index (χ1v) is 7.75. The molecule has 0 spiro atoms. The summed E-state index contributed by atoms with van der Waals surface area (Å²) in [4.78, 5) is 14.2. The number of carbonyl (C=O) groups excluding carboxylic acids is 1. The number of aryl methyl sites for hydroxylation is 1. The quantitative estimate of drug-likeness (QED) is 0.908. The van der Waals surface area contributed by atoms with Crippen LogP contribution in [0, 0.1) is 6.92 Å². The number of aromatic nitrogens is 2. The molecule has 1 aromatic heterocycles. The Morgan fingerprint density at radius 3 is 2.82 bits per heavy atom. The number of nitrogens with one attached hydrogen (secondary N) is 1. The normalized spacial score (nSPS) is 20.7. The molecule has 3 N–H and O–H groups in total. The fourth-order valence-corrected chi connectivity index (χ4v) is 3.32. The highest BCUT2D eigenvalue weighted by molar-refractivity contribution is 5.81. The van der Waals surface area contributed by atoms with E-state index in [4.69, 9.17) is 5.73 Å². The molecule has 5 heteroatoms. The van der Waals surface area contributed by atoms with Crippen LogP contribution in [0.3, 0.4) is 0 Å². The van der Waals surface area contributed by atoms with Crippen molar-refractivity contribution in [3.63, 3.8) is 0 Å². The Bertz CT molecular complexity index is 637. The highest BCUT2D eigenvalue weighted by Gasteiger charge is 2.31. The molecule has 1 amide bonds. The number of carbonyl (C=O) groups is 1. The summed E-state index contributed by atoms with van der Waals surface area (Å²) in [5.41, 5.74) is 8.80. The van der Waals surface area contributed by atoms with Gasteiger partial charge >= 0.3 is 0 Å². The molecule has 2 aromatic rings. The van der Waals surface area contributed by atoms with E-state index in [0.29, 0.717) is 5.92 Å². The van der Waals surface area contributed by atoms with Crippen LogP contribution in [0.1, 0.15) is 41.8 Å². The number of benzene rings is 1. The average molecular weight is 298 g/mol. The Balaban J connectivity index is 1.81. The van der Waals surface area contributed by atoms with Crippen LogP contribution >= 0.6 is 0 Å². The van der Waals surface area contributed by atoms with Crippen LogP contribution in [-0.2, 0) is 4.79 Å². The van der Waals surface area contributed by atoms with Gasteiger partial charge in [0, 0.05) is 18.2 Å². The first-order chi connectivity index (χ1) is 10.6. The second-order valence-corrected chi connectivity index (χ2v) is 6.03. The van der Waals surface area contributed by atoms with E-state index in [9.17, 15) is 4.79 Å². The van der Waals surface area contributed by atoms with Crippen molar-refractivity contribution >= 4 is 5.91 Å². The molecule has 2 atom stereocenters.